The van der Waals surface area contributed by atoms with Gasteiger partial charge in [-0.2, -0.15) is 0 Å². The molecule has 4 heterocycles. The van der Waals surface area contributed by atoms with Crippen LogP contribution in [0, 0.1) is 0 Å². The summed E-state index contributed by atoms with van der Waals surface area (Å²) in [5.74, 6) is -0.193. The van der Waals surface area contributed by atoms with Crippen LogP contribution in [0.2, 0.25) is 0 Å². The van der Waals surface area contributed by atoms with E-state index in [0.717, 1.165) is 27.3 Å². The molecule has 2 aromatic carbocycles. The Bertz CT molecular complexity index is 1360. The number of morpholine rings is 1. The molecule has 2 atom stereocenters. The molecular formula is C25H23N3O5S. The first kappa shape index (κ1) is 21.1. The minimum atomic E-state index is -0.592. The van der Waals surface area contributed by atoms with Gasteiger partial charge in [-0.1, -0.05) is 30.3 Å². The molecule has 3 aliphatic rings. The fourth-order valence-electron chi connectivity index (χ4n) is 5.21. The van der Waals surface area contributed by atoms with Gasteiger partial charge in [-0.25, -0.2) is 0 Å². The highest BCUT2D eigenvalue weighted by atomic mass is 32.2. The minimum Gasteiger partial charge on any atom is -0.508 e. The lowest BCUT2D eigenvalue weighted by atomic mass is 9.87. The molecule has 2 N–H and O–H groups in total. The maximum atomic E-state index is 13.2. The summed E-state index contributed by atoms with van der Waals surface area (Å²) in [7, 11) is 0. The normalized spacial score (nSPS) is 21.2. The number of ether oxygens (including phenoxy) is 1. The Kier molecular flexibility index (Phi) is 5.04. The molecule has 3 aromatic rings. The lowest BCUT2D eigenvalue weighted by molar-refractivity contribution is -0.0174. The molecule has 174 valence electrons. The summed E-state index contributed by atoms with van der Waals surface area (Å²) in [6, 6.07) is 15.0. The lowest BCUT2D eigenvalue weighted by Crippen LogP contribution is -2.66. The van der Waals surface area contributed by atoms with Gasteiger partial charge in [-0.3, -0.25) is 19.3 Å². The summed E-state index contributed by atoms with van der Waals surface area (Å²) in [5.41, 5.74) is 2.36. The van der Waals surface area contributed by atoms with Crippen LogP contribution in [0.15, 0.2) is 64.4 Å². The van der Waals surface area contributed by atoms with Crippen molar-refractivity contribution < 1.29 is 19.7 Å². The Morgan fingerprint density at radius 2 is 1.91 bits per heavy atom. The molecule has 0 unspecified atom stereocenters. The van der Waals surface area contributed by atoms with Crippen molar-refractivity contribution in [2.24, 2.45) is 0 Å². The molecule has 1 amide bonds. The fourth-order valence-corrected chi connectivity index (χ4v) is 6.32. The number of pyridine rings is 1. The molecular weight excluding hydrogens is 454 g/mol. The third kappa shape index (κ3) is 3.19. The quantitative estimate of drug-likeness (QED) is 0.585. The SMILES string of the molecule is O=C1c2c(O)c(=O)ccn2N(C[C@@H]2c3ccccc3SCc3cccc(O)c32)[C@@H]2COCCN12. The highest BCUT2D eigenvalue weighted by Crippen LogP contribution is 2.44. The first-order valence-corrected chi connectivity index (χ1v) is 12.2. The van der Waals surface area contributed by atoms with Crippen molar-refractivity contribution in [2.75, 3.05) is 31.3 Å². The highest BCUT2D eigenvalue weighted by molar-refractivity contribution is 7.98. The van der Waals surface area contributed by atoms with Gasteiger partial charge in [0.2, 0.25) is 5.43 Å². The van der Waals surface area contributed by atoms with Gasteiger partial charge in [0.05, 0.1) is 13.2 Å². The van der Waals surface area contributed by atoms with Gasteiger partial charge < -0.3 is 19.8 Å². The van der Waals surface area contributed by atoms with Crippen molar-refractivity contribution >= 4 is 17.7 Å². The van der Waals surface area contributed by atoms with Gasteiger partial charge in [-0.05, 0) is 23.3 Å². The number of amides is 1. The van der Waals surface area contributed by atoms with Gasteiger partial charge in [0.25, 0.3) is 5.91 Å². The standard InChI is InChI=1S/C25H23N3O5S/c29-18-6-3-4-15-14-34-20-7-2-1-5-16(20)17(22(15)18)12-28-21-13-33-11-10-26(21)25(32)23-24(31)19(30)8-9-27(23)28/h1-9,17,21,29,31H,10-14H2/t17-,21-/m1/s1. The summed E-state index contributed by atoms with van der Waals surface area (Å²) < 4.78 is 7.32. The number of thioether (sulfide) groups is 1. The zero-order valence-electron chi connectivity index (χ0n) is 18.3. The zero-order chi connectivity index (χ0) is 23.4. The van der Waals surface area contributed by atoms with E-state index in [1.165, 1.54) is 12.3 Å². The van der Waals surface area contributed by atoms with Crippen LogP contribution in [-0.4, -0.2) is 58.2 Å². The van der Waals surface area contributed by atoms with E-state index in [2.05, 4.69) is 12.1 Å². The molecule has 3 aliphatic heterocycles. The van der Waals surface area contributed by atoms with E-state index in [0.29, 0.717) is 26.3 Å². The van der Waals surface area contributed by atoms with Crippen LogP contribution < -0.4 is 10.4 Å². The molecule has 1 fully saturated rings. The average molecular weight is 478 g/mol. The minimum absolute atomic E-state index is 0.0422. The van der Waals surface area contributed by atoms with Crippen LogP contribution in [0.1, 0.15) is 33.1 Å². The number of benzene rings is 2. The summed E-state index contributed by atoms with van der Waals surface area (Å²) >= 11 is 1.73. The van der Waals surface area contributed by atoms with Crippen LogP contribution >= 0.6 is 11.8 Å². The topological polar surface area (TPSA) is 95.2 Å². The van der Waals surface area contributed by atoms with E-state index in [1.807, 2.05) is 29.3 Å². The molecule has 34 heavy (non-hydrogen) atoms. The van der Waals surface area contributed by atoms with Crippen molar-refractivity contribution in [1.82, 2.24) is 9.58 Å². The molecule has 6 rings (SSSR count). The van der Waals surface area contributed by atoms with Crippen molar-refractivity contribution in [3.8, 4) is 11.5 Å². The van der Waals surface area contributed by atoms with Crippen LogP contribution in [0.4, 0.5) is 0 Å². The summed E-state index contributed by atoms with van der Waals surface area (Å²) in [5, 5.41) is 23.5. The van der Waals surface area contributed by atoms with E-state index < -0.39 is 17.3 Å². The Morgan fingerprint density at radius 1 is 1.06 bits per heavy atom. The molecule has 1 aromatic heterocycles. The third-order valence-electron chi connectivity index (χ3n) is 6.81. The van der Waals surface area contributed by atoms with E-state index in [4.69, 9.17) is 4.74 Å². The molecule has 0 spiro atoms. The number of hydrogen-bond donors (Lipinski definition) is 2. The second-order valence-corrected chi connectivity index (χ2v) is 9.64. The third-order valence-corrected chi connectivity index (χ3v) is 7.95. The van der Waals surface area contributed by atoms with Crippen molar-refractivity contribution in [1.29, 1.82) is 0 Å². The van der Waals surface area contributed by atoms with Gasteiger partial charge in [0.1, 0.15) is 11.9 Å². The molecule has 9 heteroatoms. The predicted molar refractivity (Wildman–Crippen MR) is 127 cm³/mol. The van der Waals surface area contributed by atoms with Crippen LogP contribution in [0.3, 0.4) is 0 Å². The van der Waals surface area contributed by atoms with Crippen LogP contribution in [-0.2, 0) is 10.5 Å². The number of carbonyl (C=O) groups excluding carboxylic acids is 1. The number of rotatable bonds is 2. The lowest BCUT2D eigenvalue weighted by Gasteiger charge is -2.49. The number of carbonyl (C=O) groups is 1. The number of aromatic hydroxyl groups is 2. The summed E-state index contributed by atoms with van der Waals surface area (Å²) in [6.45, 7) is 1.45. The first-order valence-electron chi connectivity index (χ1n) is 11.2. The van der Waals surface area contributed by atoms with E-state index in [1.54, 1.807) is 27.4 Å². The second-order valence-electron chi connectivity index (χ2n) is 8.63. The number of phenolic OH excluding ortho intramolecular Hbond substituents is 1. The summed E-state index contributed by atoms with van der Waals surface area (Å²) in [6.07, 6.45) is 1.12. The van der Waals surface area contributed by atoms with Gasteiger partial charge in [0.15, 0.2) is 11.4 Å². The smallest absolute Gasteiger partial charge is 0.278 e. The number of aromatic nitrogens is 1. The molecule has 1 saturated heterocycles. The van der Waals surface area contributed by atoms with Crippen LogP contribution in [0.25, 0.3) is 0 Å². The highest BCUT2D eigenvalue weighted by Gasteiger charge is 2.43. The first-order chi connectivity index (χ1) is 16.5. The number of phenols is 1. The Morgan fingerprint density at radius 3 is 2.79 bits per heavy atom. The van der Waals surface area contributed by atoms with E-state index in [9.17, 15) is 19.8 Å². The molecule has 0 aliphatic carbocycles. The van der Waals surface area contributed by atoms with E-state index >= 15 is 0 Å². The Hall–Kier alpha value is -3.43. The number of nitrogens with zero attached hydrogens (tertiary/aromatic N) is 3. The molecule has 0 radical (unpaired) electrons. The predicted octanol–water partition coefficient (Wildman–Crippen LogP) is 2.45. The van der Waals surface area contributed by atoms with Crippen LogP contribution in [0.5, 0.6) is 11.5 Å². The second kappa shape index (κ2) is 8.11. The monoisotopic (exact) mass is 477 g/mol. The summed E-state index contributed by atoms with van der Waals surface area (Å²) in [4.78, 5) is 28.2. The fraction of sp³-hybridized carbons (Fsp3) is 0.280. The largest absolute Gasteiger partial charge is 0.508 e. The average Bonchev–Trinajstić information content (AvgIpc) is 3.01. The van der Waals surface area contributed by atoms with Gasteiger partial charge in [-0.15, -0.1) is 11.8 Å². The van der Waals surface area contributed by atoms with Gasteiger partial charge >= 0.3 is 0 Å². The number of hydrogen-bond acceptors (Lipinski definition) is 7. The maximum Gasteiger partial charge on any atom is 0.278 e. The number of fused-ring (bicyclic) bond motifs is 4. The molecule has 0 bridgehead atoms. The Balaban J connectivity index is 1.54. The van der Waals surface area contributed by atoms with Crippen molar-refractivity contribution in [3.63, 3.8) is 0 Å². The van der Waals surface area contributed by atoms with E-state index in [-0.39, 0.29) is 23.3 Å². The molecule has 0 saturated carbocycles. The molecule has 8 nitrogen and oxygen atoms in total. The maximum absolute atomic E-state index is 13.2. The van der Waals surface area contributed by atoms with Crippen molar-refractivity contribution in [3.05, 3.63) is 87.3 Å². The Labute approximate surface area is 200 Å². The zero-order valence-corrected chi connectivity index (χ0v) is 19.1. The van der Waals surface area contributed by atoms with Crippen molar-refractivity contribution in [2.45, 2.75) is 22.7 Å². The van der Waals surface area contributed by atoms with Gasteiger partial charge in [0, 0.05) is 47.5 Å².